The molecule has 2 heterocycles. The summed E-state index contributed by atoms with van der Waals surface area (Å²) in [5.74, 6) is 0.367. The lowest BCUT2D eigenvalue weighted by Gasteiger charge is -2.08. The average Bonchev–Trinajstić information content (AvgIpc) is 3.37. The van der Waals surface area contributed by atoms with E-state index in [4.69, 9.17) is 4.42 Å². The van der Waals surface area contributed by atoms with Crippen molar-refractivity contribution in [2.24, 2.45) is 0 Å². The summed E-state index contributed by atoms with van der Waals surface area (Å²) in [5.41, 5.74) is 1.93. The van der Waals surface area contributed by atoms with Crippen LogP contribution in [0.3, 0.4) is 0 Å². The van der Waals surface area contributed by atoms with Crippen LogP contribution in [0, 0.1) is 0 Å². The van der Waals surface area contributed by atoms with Crippen LogP contribution in [0.25, 0.3) is 22.6 Å². The Morgan fingerprint density at radius 2 is 1.73 bits per heavy atom. The highest BCUT2D eigenvalue weighted by atomic mass is 16.3. The van der Waals surface area contributed by atoms with Crippen LogP contribution in [0.1, 0.15) is 50.5 Å². The van der Waals surface area contributed by atoms with Crippen molar-refractivity contribution in [1.29, 1.82) is 0 Å². The maximum atomic E-state index is 12.5. The van der Waals surface area contributed by atoms with Gasteiger partial charge in [0.05, 0.1) is 11.1 Å². The van der Waals surface area contributed by atoms with Crippen LogP contribution >= 0.6 is 0 Å². The number of anilines is 1. The number of nitrogens with zero attached hydrogens (tertiary/aromatic N) is 3. The summed E-state index contributed by atoms with van der Waals surface area (Å²) >= 11 is 0. The summed E-state index contributed by atoms with van der Waals surface area (Å²) in [7, 11) is 0. The molecular formula is C25H27N5O3. The molecule has 4 rings (SSSR count). The molecule has 0 aliphatic rings. The first-order chi connectivity index (χ1) is 16.2. The van der Waals surface area contributed by atoms with Gasteiger partial charge in [0.15, 0.2) is 16.8 Å². The largest absolute Gasteiger partial charge is 0.450 e. The Hall–Kier alpha value is -3.81. The summed E-state index contributed by atoms with van der Waals surface area (Å²) in [4.78, 5) is 25.0. The van der Waals surface area contributed by atoms with Crippen molar-refractivity contribution in [3.8, 4) is 11.6 Å². The van der Waals surface area contributed by atoms with Crippen LogP contribution in [-0.4, -0.2) is 26.5 Å². The number of hydrogen-bond acceptors (Lipinski definition) is 6. The molecule has 1 amide bonds. The third-order valence-electron chi connectivity index (χ3n) is 5.57. The number of H-pyrrole nitrogens is 1. The van der Waals surface area contributed by atoms with Crippen molar-refractivity contribution in [2.75, 3.05) is 5.32 Å². The number of carbonyl (C=O) groups excluding carboxylic acids is 1. The molecular weight excluding hydrogens is 418 g/mol. The summed E-state index contributed by atoms with van der Waals surface area (Å²) in [5, 5.41) is 16.6. The number of hydrogen-bond donors (Lipinski definition) is 2. The Kier molecular flexibility index (Phi) is 7.58. The smallest absolute Gasteiger partial charge is 0.224 e. The third kappa shape index (κ3) is 6.12. The van der Waals surface area contributed by atoms with Crippen LogP contribution in [0.4, 0.5) is 5.69 Å². The molecule has 2 aromatic carbocycles. The molecule has 0 saturated carbocycles. The van der Waals surface area contributed by atoms with Gasteiger partial charge in [-0.3, -0.25) is 9.59 Å². The van der Waals surface area contributed by atoms with Gasteiger partial charge in [0.25, 0.3) is 0 Å². The molecule has 2 N–H and O–H groups in total. The molecule has 0 atom stereocenters. The van der Waals surface area contributed by atoms with Crippen molar-refractivity contribution in [2.45, 2.75) is 51.4 Å². The first-order valence-electron chi connectivity index (χ1n) is 11.4. The standard InChI is InChI=1S/C25H27N5O3/c31-21-17-22(25-27-29-30-28-25)33-24-19(21)14-10-15-20(24)26-23(32)16-9-4-2-1-3-6-11-18-12-7-5-8-13-18/h5,7-8,10,12-15,17H,1-4,6,9,11,16H2,(H,26,32)(H,27,28,29,30). The van der Waals surface area contributed by atoms with Gasteiger partial charge in [-0.1, -0.05) is 62.1 Å². The number of para-hydroxylation sites is 1. The molecule has 8 nitrogen and oxygen atoms in total. The molecule has 0 radical (unpaired) electrons. The van der Waals surface area contributed by atoms with E-state index in [1.54, 1.807) is 18.2 Å². The van der Waals surface area contributed by atoms with Gasteiger partial charge < -0.3 is 9.73 Å². The molecule has 4 aromatic rings. The molecule has 8 heteroatoms. The lowest BCUT2D eigenvalue weighted by atomic mass is 10.0. The van der Waals surface area contributed by atoms with Crippen molar-refractivity contribution in [1.82, 2.24) is 20.6 Å². The first-order valence-corrected chi connectivity index (χ1v) is 11.4. The van der Waals surface area contributed by atoms with Gasteiger partial charge in [-0.05, 0) is 47.4 Å². The first kappa shape index (κ1) is 22.4. The van der Waals surface area contributed by atoms with Gasteiger partial charge in [0.1, 0.15) is 0 Å². The van der Waals surface area contributed by atoms with E-state index < -0.39 is 0 Å². The number of carbonyl (C=O) groups is 1. The molecule has 0 saturated heterocycles. The molecule has 0 bridgehead atoms. The zero-order valence-electron chi connectivity index (χ0n) is 18.4. The van der Waals surface area contributed by atoms with E-state index in [-0.39, 0.29) is 22.9 Å². The Balaban J connectivity index is 1.24. The van der Waals surface area contributed by atoms with E-state index >= 15 is 0 Å². The number of tetrazole rings is 1. The van der Waals surface area contributed by atoms with E-state index in [9.17, 15) is 9.59 Å². The zero-order chi connectivity index (χ0) is 22.9. The zero-order valence-corrected chi connectivity index (χ0v) is 18.4. The fourth-order valence-electron chi connectivity index (χ4n) is 3.84. The number of aromatic nitrogens is 4. The molecule has 2 aromatic heterocycles. The van der Waals surface area contributed by atoms with Gasteiger partial charge >= 0.3 is 0 Å². The number of fused-ring (bicyclic) bond motifs is 1. The van der Waals surface area contributed by atoms with Gasteiger partial charge in [0, 0.05) is 12.5 Å². The van der Waals surface area contributed by atoms with Crippen molar-refractivity contribution < 1.29 is 9.21 Å². The lowest BCUT2D eigenvalue weighted by Crippen LogP contribution is -2.12. The molecule has 170 valence electrons. The summed E-state index contributed by atoms with van der Waals surface area (Å²) in [6, 6.07) is 17.0. The molecule has 0 aliphatic carbocycles. The predicted molar refractivity (Wildman–Crippen MR) is 127 cm³/mol. The highest BCUT2D eigenvalue weighted by Gasteiger charge is 2.14. The molecule has 0 aliphatic heterocycles. The number of aromatic amines is 1. The summed E-state index contributed by atoms with van der Waals surface area (Å²) in [6.07, 6.45) is 8.11. The van der Waals surface area contributed by atoms with Crippen LogP contribution in [0.15, 0.2) is 63.8 Å². The minimum absolute atomic E-state index is 0.0963. The SMILES string of the molecule is O=C(CCCCCCCCc1ccccc1)Nc1cccc2c(=O)cc(-c3nnn[nH]3)oc12. The highest BCUT2D eigenvalue weighted by Crippen LogP contribution is 2.25. The molecule has 0 spiro atoms. The van der Waals surface area contributed by atoms with Crippen LogP contribution < -0.4 is 10.7 Å². The van der Waals surface area contributed by atoms with E-state index in [0.29, 0.717) is 23.1 Å². The Labute approximate surface area is 191 Å². The third-order valence-corrected chi connectivity index (χ3v) is 5.57. The van der Waals surface area contributed by atoms with Crippen LogP contribution in [0.2, 0.25) is 0 Å². The molecule has 0 unspecified atom stereocenters. The number of aryl methyl sites for hydroxylation is 1. The maximum Gasteiger partial charge on any atom is 0.224 e. The molecule has 0 fully saturated rings. The number of amides is 1. The Morgan fingerprint density at radius 3 is 2.52 bits per heavy atom. The Morgan fingerprint density at radius 1 is 0.939 bits per heavy atom. The van der Waals surface area contributed by atoms with E-state index in [0.717, 1.165) is 25.7 Å². The number of rotatable bonds is 11. The maximum absolute atomic E-state index is 12.5. The predicted octanol–water partition coefficient (Wildman–Crippen LogP) is 4.89. The van der Waals surface area contributed by atoms with Gasteiger partial charge in [-0.15, -0.1) is 5.10 Å². The fourth-order valence-corrected chi connectivity index (χ4v) is 3.84. The lowest BCUT2D eigenvalue weighted by molar-refractivity contribution is -0.116. The summed E-state index contributed by atoms with van der Waals surface area (Å²) < 4.78 is 5.84. The van der Waals surface area contributed by atoms with Crippen molar-refractivity contribution >= 4 is 22.6 Å². The van der Waals surface area contributed by atoms with Crippen LogP contribution in [-0.2, 0) is 11.2 Å². The molecule has 33 heavy (non-hydrogen) atoms. The monoisotopic (exact) mass is 445 g/mol. The summed E-state index contributed by atoms with van der Waals surface area (Å²) in [6.45, 7) is 0. The van der Waals surface area contributed by atoms with Crippen molar-refractivity contribution in [3.63, 3.8) is 0 Å². The number of benzene rings is 2. The van der Waals surface area contributed by atoms with Gasteiger partial charge in [0.2, 0.25) is 11.7 Å². The van der Waals surface area contributed by atoms with Crippen LogP contribution in [0.5, 0.6) is 0 Å². The fraction of sp³-hybridized carbons (Fsp3) is 0.320. The normalized spacial score (nSPS) is 11.0. The van der Waals surface area contributed by atoms with Crippen molar-refractivity contribution in [3.05, 3.63) is 70.4 Å². The minimum Gasteiger partial charge on any atom is -0.450 e. The van der Waals surface area contributed by atoms with Gasteiger partial charge in [-0.25, -0.2) is 5.10 Å². The minimum atomic E-state index is -0.231. The number of unbranched alkanes of at least 4 members (excludes halogenated alkanes) is 5. The second kappa shape index (κ2) is 11.2. The highest BCUT2D eigenvalue weighted by molar-refractivity contribution is 5.99. The van der Waals surface area contributed by atoms with E-state index in [2.05, 4.69) is 50.2 Å². The second-order valence-corrected chi connectivity index (χ2v) is 8.06. The van der Waals surface area contributed by atoms with Gasteiger partial charge in [-0.2, -0.15) is 0 Å². The van der Waals surface area contributed by atoms with E-state index in [1.807, 2.05) is 6.07 Å². The Bertz CT molecular complexity index is 1240. The average molecular weight is 446 g/mol. The topological polar surface area (TPSA) is 114 Å². The second-order valence-electron chi connectivity index (χ2n) is 8.06. The van der Waals surface area contributed by atoms with E-state index in [1.165, 1.54) is 30.9 Å². The number of nitrogens with one attached hydrogen (secondary N) is 2. The quantitative estimate of drug-likeness (QED) is 0.318.